The van der Waals surface area contributed by atoms with E-state index in [1.807, 2.05) is 18.2 Å². The van der Waals surface area contributed by atoms with E-state index in [2.05, 4.69) is 34.6 Å². The van der Waals surface area contributed by atoms with Crippen molar-refractivity contribution < 1.29 is 14.2 Å². The van der Waals surface area contributed by atoms with Gasteiger partial charge < -0.3 is 19.1 Å². The molecule has 0 saturated heterocycles. The second kappa shape index (κ2) is 6.96. The standard InChI is InChI=1S/C20H20N2O3S/c1-23-17-9-14(10-18(24-2)19(17)25-3)16-12-26-20-21-15(11-22(16)20)13-7-5-4-6-8-13/h4-10,12,15H,11H2,1-3H3/t15-/m0/s1. The zero-order valence-electron chi connectivity index (χ0n) is 14.9. The SMILES string of the molecule is COc1cc(C2=CSC3=N[C@H](c4ccccc4)CN23)cc(OC)c1OC. The molecular formula is C20H20N2O3S. The Morgan fingerprint density at radius 2 is 1.69 bits per heavy atom. The summed E-state index contributed by atoms with van der Waals surface area (Å²) in [6, 6.07) is 14.5. The fraction of sp³-hybridized carbons (Fsp3) is 0.250. The highest BCUT2D eigenvalue weighted by atomic mass is 32.2. The van der Waals surface area contributed by atoms with Crippen LogP contribution in [0.4, 0.5) is 0 Å². The molecule has 2 heterocycles. The van der Waals surface area contributed by atoms with Crippen LogP contribution >= 0.6 is 11.8 Å². The predicted molar refractivity (Wildman–Crippen MR) is 105 cm³/mol. The molecule has 26 heavy (non-hydrogen) atoms. The molecule has 0 N–H and O–H groups in total. The first-order valence-corrected chi connectivity index (χ1v) is 9.20. The monoisotopic (exact) mass is 368 g/mol. The van der Waals surface area contributed by atoms with E-state index < -0.39 is 0 Å². The summed E-state index contributed by atoms with van der Waals surface area (Å²) >= 11 is 1.65. The van der Waals surface area contributed by atoms with Gasteiger partial charge in [0.25, 0.3) is 0 Å². The van der Waals surface area contributed by atoms with Crippen LogP contribution < -0.4 is 14.2 Å². The highest BCUT2D eigenvalue weighted by Crippen LogP contribution is 2.45. The van der Waals surface area contributed by atoms with Crippen LogP contribution in [-0.4, -0.2) is 37.9 Å². The zero-order valence-corrected chi connectivity index (χ0v) is 15.7. The van der Waals surface area contributed by atoms with Crippen LogP contribution in [0.3, 0.4) is 0 Å². The van der Waals surface area contributed by atoms with Gasteiger partial charge in [-0.2, -0.15) is 0 Å². The molecule has 2 aliphatic heterocycles. The van der Waals surface area contributed by atoms with Gasteiger partial charge in [-0.1, -0.05) is 42.1 Å². The fourth-order valence-corrected chi connectivity index (χ4v) is 4.24. The van der Waals surface area contributed by atoms with Crippen LogP contribution in [0.1, 0.15) is 17.2 Å². The lowest BCUT2D eigenvalue weighted by Gasteiger charge is -2.20. The van der Waals surface area contributed by atoms with Crippen molar-refractivity contribution >= 4 is 22.6 Å². The lowest BCUT2D eigenvalue weighted by Crippen LogP contribution is -2.21. The van der Waals surface area contributed by atoms with Crippen LogP contribution in [0.2, 0.25) is 0 Å². The molecule has 134 valence electrons. The van der Waals surface area contributed by atoms with Crippen LogP contribution in [0.5, 0.6) is 17.2 Å². The number of nitrogens with zero attached hydrogens (tertiary/aromatic N) is 2. The number of hydrogen-bond acceptors (Lipinski definition) is 6. The normalized spacial score (nSPS) is 18.3. The van der Waals surface area contributed by atoms with Gasteiger partial charge in [0.2, 0.25) is 5.75 Å². The molecule has 0 unspecified atom stereocenters. The fourth-order valence-electron chi connectivity index (χ4n) is 3.27. The summed E-state index contributed by atoms with van der Waals surface area (Å²) in [7, 11) is 4.88. The Kier molecular flexibility index (Phi) is 4.51. The van der Waals surface area contributed by atoms with Gasteiger partial charge in [-0.25, -0.2) is 0 Å². The topological polar surface area (TPSA) is 43.3 Å². The summed E-state index contributed by atoms with van der Waals surface area (Å²) in [4.78, 5) is 7.13. The molecule has 2 aromatic rings. The maximum atomic E-state index is 5.49. The third-order valence-electron chi connectivity index (χ3n) is 4.56. The van der Waals surface area contributed by atoms with E-state index >= 15 is 0 Å². The third-order valence-corrected chi connectivity index (χ3v) is 5.44. The number of thioether (sulfide) groups is 1. The molecule has 5 nitrogen and oxygen atoms in total. The zero-order chi connectivity index (χ0) is 18.1. The van der Waals surface area contributed by atoms with Gasteiger partial charge in [0.15, 0.2) is 16.7 Å². The molecule has 0 fully saturated rings. The Labute approximate surface area is 157 Å². The largest absolute Gasteiger partial charge is 0.493 e. The Morgan fingerprint density at radius 1 is 1.00 bits per heavy atom. The molecule has 4 rings (SSSR count). The first-order chi connectivity index (χ1) is 12.7. The molecule has 2 aliphatic rings. The van der Waals surface area contributed by atoms with E-state index in [-0.39, 0.29) is 6.04 Å². The number of hydrogen-bond donors (Lipinski definition) is 0. The highest BCUT2D eigenvalue weighted by Gasteiger charge is 2.33. The Morgan fingerprint density at radius 3 is 2.31 bits per heavy atom. The quantitative estimate of drug-likeness (QED) is 0.792. The van der Waals surface area contributed by atoms with Crippen molar-refractivity contribution in [1.82, 2.24) is 4.90 Å². The van der Waals surface area contributed by atoms with Crippen LogP contribution in [0.25, 0.3) is 5.70 Å². The van der Waals surface area contributed by atoms with Crippen molar-refractivity contribution in [3.8, 4) is 17.2 Å². The Bertz CT molecular complexity index is 855. The van der Waals surface area contributed by atoms with E-state index in [9.17, 15) is 0 Å². The van der Waals surface area contributed by atoms with Crippen molar-refractivity contribution in [1.29, 1.82) is 0 Å². The Balaban J connectivity index is 1.65. The van der Waals surface area contributed by atoms with Crippen LogP contribution in [-0.2, 0) is 0 Å². The Hall–Kier alpha value is -2.60. The molecule has 0 bridgehead atoms. The summed E-state index contributed by atoms with van der Waals surface area (Å²) in [5, 5.41) is 3.16. The minimum atomic E-state index is 0.157. The van der Waals surface area contributed by atoms with Gasteiger partial charge in [0, 0.05) is 11.0 Å². The third kappa shape index (κ3) is 2.80. The van der Waals surface area contributed by atoms with E-state index in [0.29, 0.717) is 17.2 Å². The van der Waals surface area contributed by atoms with Crippen molar-refractivity contribution in [2.75, 3.05) is 27.9 Å². The van der Waals surface area contributed by atoms with E-state index in [4.69, 9.17) is 19.2 Å². The summed E-state index contributed by atoms with van der Waals surface area (Å²) in [5.74, 6) is 1.90. The van der Waals surface area contributed by atoms with Crippen LogP contribution in [0.15, 0.2) is 52.9 Å². The molecule has 6 heteroatoms. The van der Waals surface area contributed by atoms with Crippen molar-refractivity contribution in [2.45, 2.75) is 6.04 Å². The lowest BCUT2D eigenvalue weighted by molar-refractivity contribution is 0.324. The number of aliphatic imine (C=N–C) groups is 1. The molecule has 0 saturated carbocycles. The number of fused-ring (bicyclic) bond motifs is 1. The second-order valence-electron chi connectivity index (χ2n) is 5.98. The highest BCUT2D eigenvalue weighted by molar-refractivity contribution is 8.16. The van der Waals surface area contributed by atoms with Gasteiger partial charge in [-0.15, -0.1) is 0 Å². The molecule has 0 amide bonds. The molecule has 1 atom stereocenters. The predicted octanol–water partition coefficient (Wildman–Crippen LogP) is 4.17. The smallest absolute Gasteiger partial charge is 0.203 e. The molecule has 0 aromatic heterocycles. The first kappa shape index (κ1) is 16.8. The number of benzene rings is 2. The molecule has 0 aliphatic carbocycles. The average Bonchev–Trinajstić information content (AvgIpc) is 3.28. The maximum absolute atomic E-state index is 5.49. The number of rotatable bonds is 5. The molecule has 2 aromatic carbocycles. The molecule has 0 radical (unpaired) electrons. The number of ether oxygens (including phenoxy) is 3. The number of amidine groups is 1. The van der Waals surface area contributed by atoms with Crippen LogP contribution in [0, 0.1) is 0 Å². The summed E-state index contributed by atoms with van der Waals surface area (Å²) in [6.07, 6.45) is 0. The minimum Gasteiger partial charge on any atom is -0.493 e. The van der Waals surface area contributed by atoms with Crippen molar-refractivity contribution in [3.05, 3.63) is 59.0 Å². The van der Waals surface area contributed by atoms with Crippen molar-refractivity contribution in [2.24, 2.45) is 4.99 Å². The van der Waals surface area contributed by atoms with Gasteiger partial charge in [-0.3, -0.25) is 4.99 Å². The summed E-state index contributed by atoms with van der Waals surface area (Å²) in [6.45, 7) is 0.828. The van der Waals surface area contributed by atoms with E-state index in [1.54, 1.807) is 33.1 Å². The first-order valence-electron chi connectivity index (χ1n) is 8.32. The molecular weight excluding hydrogens is 348 g/mol. The van der Waals surface area contributed by atoms with Gasteiger partial charge in [-0.05, 0) is 17.7 Å². The molecule has 0 spiro atoms. The lowest BCUT2D eigenvalue weighted by atomic mass is 10.1. The van der Waals surface area contributed by atoms with E-state index in [0.717, 1.165) is 23.0 Å². The summed E-state index contributed by atoms with van der Waals surface area (Å²) < 4.78 is 16.4. The minimum absolute atomic E-state index is 0.157. The van der Waals surface area contributed by atoms with Gasteiger partial charge >= 0.3 is 0 Å². The number of methoxy groups -OCH3 is 3. The summed E-state index contributed by atoms with van der Waals surface area (Å²) in [5.41, 5.74) is 3.36. The van der Waals surface area contributed by atoms with Crippen molar-refractivity contribution in [3.63, 3.8) is 0 Å². The average molecular weight is 368 g/mol. The van der Waals surface area contributed by atoms with E-state index in [1.165, 1.54) is 5.56 Å². The maximum Gasteiger partial charge on any atom is 0.203 e. The van der Waals surface area contributed by atoms with Gasteiger partial charge in [0.1, 0.15) is 0 Å². The second-order valence-corrected chi connectivity index (χ2v) is 6.82. The van der Waals surface area contributed by atoms with Gasteiger partial charge in [0.05, 0.1) is 39.6 Å².